The summed E-state index contributed by atoms with van der Waals surface area (Å²) >= 11 is 0. The highest BCUT2D eigenvalue weighted by Crippen LogP contribution is 2.41. The van der Waals surface area contributed by atoms with E-state index in [0.29, 0.717) is 12.8 Å². The maximum absolute atomic E-state index is 11.8. The van der Waals surface area contributed by atoms with Crippen LogP contribution in [0.1, 0.15) is 39.0 Å². The van der Waals surface area contributed by atoms with Gasteiger partial charge in [0.25, 0.3) is 0 Å². The molecular weight excluding hydrogens is 271 g/mol. The Bertz CT molecular complexity index is 354. The van der Waals surface area contributed by atoms with Crippen molar-refractivity contribution in [3.05, 3.63) is 0 Å². The van der Waals surface area contributed by atoms with E-state index in [1.165, 1.54) is 0 Å². The van der Waals surface area contributed by atoms with Gasteiger partial charge in [-0.05, 0) is 52.0 Å². The van der Waals surface area contributed by atoms with Gasteiger partial charge in [0.2, 0.25) is 0 Å². The molecule has 0 aromatic rings. The first-order chi connectivity index (χ1) is 9.72. The molecule has 1 rings (SSSR count). The second-order valence-corrected chi connectivity index (χ2v) is 6.60. The molecule has 0 aromatic heterocycles. The number of carboxylic acid groups (broad SMARTS) is 1. The molecule has 0 amide bonds. The van der Waals surface area contributed by atoms with Gasteiger partial charge < -0.3 is 25.8 Å². The summed E-state index contributed by atoms with van der Waals surface area (Å²) in [6, 6.07) is 0.149. The SMILES string of the molecule is CCC(C1CC[C@@H](CCB(O)O)C[C@]1(N)C(=O)O)N(C)C. The van der Waals surface area contributed by atoms with E-state index in [9.17, 15) is 9.90 Å². The Morgan fingerprint density at radius 2 is 2.05 bits per heavy atom. The average molecular weight is 300 g/mol. The second-order valence-electron chi connectivity index (χ2n) is 6.60. The van der Waals surface area contributed by atoms with Gasteiger partial charge in [0.05, 0.1) is 0 Å². The van der Waals surface area contributed by atoms with Gasteiger partial charge in [-0.1, -0.05) is 13.3 Å². The molecule has 0 aromatic carbocycles. The standard InChI is InChI=1S/C14H29BN2O4/c1-4-12(17(2)3)11-6-5-10(7-8-15(20)21)9-14(11,16)13(18)19/h10-12,20-21H,4-9,16H2,1-3H3,(H,18,19)/t10-,11?,12?,14+/m0/s1. The van der Waals surface area contributed by atoms with Crippen molar-refractivity contribution in [2.24, 2.45) is 17.6 Å². The minimum atomic E-state index is -1.33. The molecule has 0 radical (unpaired) electrons. The lowest BCUT2D eigenvalue weighted by atomic mass is 9.63. The Balaban J connectivity index is 2.86. The van der Waals surface area contributed by atoms with Crippen LogP contribution < -0.4 is 5.73 Å². The van der Waals surface area contributed by atoms with Gasteiger partial charge in [0.15, 0.2) is 0 Å². The molecular formula is C14H29BN2O4. The van der Waals surface area contributed by atoms with Gasteiger partial charge in [-0.15, -0.1) is 0 Å². The summed E-state index contributed by atoms with van der Waals surface area (Å²) in [6.45, 7) is 2.06. The molecule has 1 aliphatic carbocycles. The van der Waals surface area contributed by atoms with Gasteiger partial charge in [0.1, 0.15) is 5.54 Å². The van der Waals surface area contributed by atoms with Crippen molar-refractivity contribution < 1.29 is 19.9 Å². The fraction of sp³-hybridized carbons (Fsp3) is 0.929. The van der Waals surface area contributed by atoms with E-state index in [4.69, 9.17) is 15.8 Å². The Morgan fingerprint density at radius 1 is 1.43 bits per heavy atom. The molecule has 0 heterocycles. The lowest BCUT2D eigenvalue weighted by molar-refractivity contribution is -0.149. The Labute approximate surface area is 127 Å². The molecule has 122 valence electrons. The van der Waals surface area contributed by atoms with E-state index < -0.39 is 18.6 Å². The van der Waals surface area contributed by atoms with Crippen LogP contribution >= 0.6 is 0 Å². The highest BCUT2D eigenvalue weighted by Gasteiger charge is 2.49. The third-order valence-corrected chi connectivity index (χ3v) is 4.95. The van der Waals surface area contributed by atoms with Crippen LogP contribution in [0.2, 0.25) is 6.32 Å². The van der Waals surface area contributed by atoms with Gasteiger partial charge in [-0.25, -0.2) is 0 Å². The fourth-order valence-corrected chi connectivity index (χ4v) is 3.83. The normalized spacial score (nSPS) is 31.2. The predicted octanol–water partition coefficient (Wildman–Crippen LogP) is 0.388. The van der Waals surface area contributed by atoms with Crippen LogP contribution in [-0.2, 0) is 4.79 Å². The maximum atomic E-state index is 11.8. The molecule has 6 nitrogen and oxygen atoms in total. The van der Waals surface area contributed by atoms with E-state index in [0.717, 1.165) is 19.3 Å². The molecule has 21 heavy (non-hydrogen) atoms. The minimum Gasteiger partial charge on any atom is -0.480 e. The summed E-state index contributed by atoms with van der Waals surface area (Å²) in [7, 11) is 2.60. The fourth-order valence-electron chi connectivity index (χ4n) is 3.83. The zero-order chi connectivity index (χ0) is 16.2. The molecule has 1 fully saturated rings. The van der Waals surface area contributed by atoms with Crippen molar-refractivity contribution in [1.82, 2.24) is 4.90 Å². The molecule has 0 saturated heterocycles. The van der Waals surface area contributed by atoms with Crippen LogP contribution in [0.5, 0.6) is 0 Å². The summed E-state index contributed by atoms with van der Waals surface area (Å²) in [5.74, 6) is -0.879. The van der Waals surface area contributed by atoms with Gasteiger partial charge >= 0.3 is 13.1 Å². The summed E-state index contributed by atoms with van der Waals surface area (Å²) in [5.41, 5.74) is 5.08. The molecule has 4 atom stereocenters. The molecule has 0 spiro atoms. The molecule has 0 bridgehead atoms. The second kappa shape index (κ2) is 7.58. The molecule has 1 aliphatic rings. The molecule has 0 aliphatic heterocycles. The summed E-state index contributed by atoms with van der Waals surface area (Å²) in [4.78, 5) is 13.8. The molecule has 2 unspecified atom stereocenters. The number of nitrogens with two attached hydrogens (primary N) is 1. The van der Waals surface area contributed by atoms with E-state index in [2.05, 4.69) is 11.8 Å². The monoisotopic (exact) mass is 300 g/mol. The average Bonchev–Trinajstić information content (AvgIpc) is 2.38. The van der Waals surface area contributed by atoms with Gasteiger partial charge in [-0.3, -0.25) is 4.79 Å². The van der Waals surface area contributed by atoms with Crippen LogP contribution in [0, 0.1) is 11.8 Å². The number of rotatable bonds is 7. The zero-order valence-corrected chi connectivity index (χ0v) is 13.3. The highest BCUT2D eigenvalue weighted by molar-refractivity contribution is 6.40. The number of hydrogen-bond acceptors (Lipinski definition) is 5. The first kappa shape index (κ1) is 18.4. The van der Waals surface area contributed by atoms with Crippen molar-refractivity contribution in [3.8, 4) is 0 Å². The van der Waals surface area contributed by atoms with Crippen LogP contribution in [0.4, 0.5) is 0 Å². The van der Waals surface area contributed by atoms with Crippen molar-refractivity contribution >= 4 is 13.1 Å². The summed E-state index contributed by atoms with van der Waals surface area (Å²) in [6.07, 6.45) is 3.82. The van der Waals surface area contributed by atoms with Gasteiger partial charge in [0, 0.05) is 12.0 Å². The summed E-state index contributed by atoms with van der Waals surface area (Å²) < 4.78 is 0. The Kier molecular flexibility index (Phi) is 6.65. The maximum Gasteiger partial charge on any atom is 0.451 e. The van der Waals surface area contributed by atoms with Crippen LogP contribution in [0.3, 0.4) is 0 Å². The van der Waals surface area contributed by atoms with Gasteiger partial charge in [-0.2, -0.15) is 0 Å². The van der Waals surface area contributed by atoms with Crippen molar-refractivity contribution in [2.45, 2.75) is 56.9 Å². The first-order valence-electron chi connectivity index (χ1n) is 7.77. The zero-order valence-electron chi connectivity index (χ0n) is 13.3. The first-order valence-corrected chi connectivity index (χ1v) is 7.77. The number of hydrogen-bond donors (Lipinski definition) is 4. The Morgan fingerprint density at radius 3 is 2.48 bits per heavy atom. The number of carboxylic acids is 1. The predicted molar refractivity (Wildman–Crippen MR) is 82.8 cm³/mol. The van der Waals surface area contributed by atoms with Crippen molar-refractivity contribution in [3.63, 3.8) is 0 Å². The topological polar surface area (TPSA) is 107 Å². The number of carbonyl (C=O) groups is 1. The number of aliphatic carboxylic acids is 1. The smallest absolute Gasteiger partial charge is 0.451 e. The van der Waals surface area contributed by atoms with Crippen LogP contribution in [-0.4, -0.2) is 58.8 Å². The third-order valence-electron chi connectivity index (χ3n) is 4.95. The summed E-state index contributed by atoms with van der Waals surface area (Å²) in [5, 5.41) is 27.6. The lowest BCUT2D eigenvalue weighted by Gasteiger charge is -2.46. The van der Waals surface area contributed by atoms with E-state index >= 15 is 0 Å². The molecule has 5 N–H and O–H groups in total. The quantitative estimate of drug-likeness (QED) is 0.507. The van der Waals surface area contributed by atoms with E-state index in [1.807, 2.05) is 14.1 Å². The van der Waals surface area contributed by atoms with E-state index in [-0.39, 0.29) is 24.2 Å². The van der Waals surface area contributed by atoms with Crippen LogP contribution in [0.25, 0.3) is 0 Å². The largest absolute Gasteiger partial charge is 0.480 e. The lowest BCUT2D eigenvalue weighted by Crippen LogP contribution is -2.62. The van der Waals surface area contributed by atoms with E-state index in [1.54, 1.807) is 0 Å². The van der Waals surface area contributed by atoms with Crippen molar-refractivity contribution in [2.75, 3.05) is 14.1 Å². The Hall–Kier alpha value is -0.625. The third kappa shape index (κ3) is 4.42. The minimum absolute atomic E-state index is 0.0784. The number of nitrogens with zero attached hydrogens (tertiary/aromatic N) is 1. The molecule has 1 saturated carbocycles. The highest BCUT2D eigenvalue weighted by atomic mass is 16.4. The van der Waals surface area contributed by atoms with Crippen LogP contribution in [0.15, 0.2) is 0 Å². The van der Waals surface area contributed by atoms with Crippen molar-refractivity contribution in [1.29, 1.82) is 0 Å². The molecule has 7 heteroatoms.